The number of pyridine rings is 7. The van der Waals surface area contributed by atoms with E-state index >= 15 is 0 Å². The smallest absolute Gasteiger partial charge is 0.231 e. The summed E-state index contributed by atoms with van der Waals surface area (Å²) in [6, 6.07) is 37.6. The fraction of sp³-hybridized carbons (Fsp3) is 0.327. The second kappa shape index (κ2) is 36.6. The lowest BCUT2D eigenvalue weighted by Gasteiger charge is -2.23. The molecule has 5 saturated carbocycles. The molecule has 36 heteroatoms. The first-order chi connectivity index (χ1) is 64.3. The van der Waals surface area contributed by atoms with Crippen molar-refractivity contribution in [3.63, 3.8) is 0 Å². The average molecular weight is 1800 g/mol. The summed E-state index contributed by atoms with van der Waals surface area (Å²) < 4.78 is 27.8. The van der Waals surface area contributed by atoms with Gasteiger partial charge in [-0.15, -0.1) is 0 Å². The van der Waals surface area contributed by atoms with E-state index in [0.29, 0.717) is 120 Å². The van der Waals surface area contributed by atoms with Crippen LogP contribution in [0.1, 0.15) is 117 Å². The maximum absolute atomic E-state index is 14.8. The van der Waals surface area contributed by atoms with E-state index in [4.69, 9.17) is 49.7 Å². The number of hydrogen-bond acceptors (Lipinski definition) is 25. The molecule has 4 saturated heterocycles. The number of halogens is 2. The van der Waals surface area contributed by atoms with Gasteiger partial charge in [-0.3, -0.25) is 53.1 Å². The number of benzene rings is 5. The summed E-state index contributed by atoms with van der Waals surface area (Å²) in [4.78, 5) is 146. The van der Waals surface area contributed by atoms with E-state index < -0.39 is 17.9 Å². The molecule has 14 atom stereocenters. The molecule has 1 unspecified atom stereocenters. The van der Waals surface area contributed by atoms with Gasteiger partial charge in [-0.05, 0) is 228 Å². The number of nitrogens with one attached hydrogen (secondary N) is 5. The molecule has 12 aromatic rings. The predicted molar refractivity (Wildman–Crippen MR) is 504 cm³/mol. The van der Waals surface area contributed by atoms with Crippen molar-refractivity contribution in [1.82, 2.24) is 34.9 Å². The van der Waals surface area contributed by atoms with Gasteiger partial charge in [0.15, 0.2) is 5.82 Å². The van der Waals surface area contributed by atoms with Crippen molar-refractivity contribution in [2.45, 2.75) is 148 Å². The molecule has 15 N–H and O–H groups in total. The Morgan fingerprint density at radius 3 is 1.03 bits per heavy atom. The maximum Gasteiger partial charge on any atom is 0.231 e. The lowest BCUT2D eigenvalue weighted by Crippen LogP contribution is -2.31. The highest BCUT2D eigenvalue weighted by molar-refractivity contribution is 6.10. The minimum absolute atomic E-state index is 0.0773. The highest BCUT2D eigenvalue weighted by atomic mass is 19.1. The van der Waals surface area contributed by atoms with E-state index in [1.165, 1.54) is 11.1 Å². The van der Waals surface area contributed by atoms with Gasteiger partial charge in [-0.2, -0.15) is 21.0 Å². The van der Waals surface area contributed by atoms with Crippen molar-refractivity contribution in [2.75, 3.05) is 74.9 Å². The number of rotatable bonds is 15. The number of carbonyl (C=O) groups excluding carboxylic acids is 9. The number of nitrogens with zero attached hydrogens (tertiary/aromatic N) is 15. The summed E-state index contributed by atoms with van der Waals surface area (Å²) in [5.74, 6) is -2.19. The van der Waals surface area contributed by atoms with Crippen molar-refractivity contribution >= 4 is 198 Å². The number of nitrogens with two attached hydrogens (primary N) is 5. The number of aromatic nitrogens is 7. The molecule has 0 bridgehead atoms. The van der Waals surface area contributed by atoms with Crippen LogP contribution in [0.4, 0.5) is 89.1 Å². The Kier molecular flexibility index (Phi) is 24.5. The lowest BCUT2D eigenvalue weighted by atomic mass is 9.98. The maximum atomic E-state index is 14.8. The SMILES string of the molecule is CC1CCC(=O)N1c1cc(N)c2cnc(NC(=O)[C@@H]3C[C@@H]3F)cc2c1.C[C@@H]1CCC(=O)N1c1cc(N)c2cnc(NC(=O)[C@@H]3C[C@H]3C#N)cc2c1.C[C@@H]1CCC(=O)N1c1cc2cc(NC(=O)[C@@H]3C[C@H]3C#N)ncc2c(N)c1F.C[C@H]1CCC(=O)N1c1cc(N)c2cnc(NC(=O)[C@@H]3C[C@H]3C#N)cc2c1.Cc1c(-c2cc(N)c3cnc(NC(=O)[C@@H]4C[C@H]4C#N)cc3c2)cnc2cccnc12. The van der Waals surface area contributed by atoms with Crippen molar-refractivity contribution in [2.24, 2.45) is 53.3 Å². The summed E-state index contributed by atoms with van der Waals surface area (Å²) in [6.45, 7) is 9.93. The summed E-state index contributed by atoms with van der Waals surface area (Å²) >= 11 is 0. The summed E-state index contributed by atoms with van der Waals surface area (Å²) in [7, 11) is 0. The first-order valence-corrected chi connectivity index (χ1v) is 44.3. The van der Waals surface area contributed by atoms with Crippen LogP contribution < -0.4 is 74.9 Å². The van der Waals surface area contributed by atoms with Crippen LogP contribution in [0.3, 0.4) is 0 Å². The van der Waals surface area contributed by atoms with Gasteiger partial charge in [0.05, 0.1) is 99.9 Å². The molecule has 5 aromatic carbocycles. The first-order valence-electron chi connectivity index (χ1n) is 44.3. The summed E-state index contributed by atoms with van der Waals surface area (Å²) in [5, 5.41) is 56.5. The Morgan fingerprint density at radius 1 is 0.396 bits per heavy atom. The van der Waals surface area contributed by atoms with E-state index in [-0.39, 0.29) is 142 Å². The van der Waals surface area contributed by atoms with E-state index in [1.807, 2.05) is 83.3 Å². The number of nitriles is 4. The third-order valence-electron chi connectivity index (χ3n) is 26.1. The van der Waals surface area contributed by atoms with Crippen LogP contribution in [-0.2, 0) is 43.2 Å². The van der Waals surface area contributed by atoms with Crippen molar-refractivity contribution in [3.8, 4) is 35.4 Å². The highest BCUT2D eigenvalue weighted by Gasteiger charge is 2.48. The van der Waals surface area contributed by atoms with Gasteiger partial charge < -0.3 is 74.9 Å². The van der Waals surface area contributed by atoms with Gasteiger partial charge in [0.1, 0.15) is 35.3 Å². The molecule has 9 fully saturated rings. The predicted octanol–water partition coefficient (Wildman–Crippen LogP) is 13.9. The molecule has 11 heterocycles. The first kappa shape index (κ1) is 89.7. The zero-order valence-corrected chi connectivity index (χ0v) is 73.6. The van der Waals surface area contributed by atoms with E-state index in [0.717, 1.165) is 107 Å². The largest absolute Gasteiger partial charge is 0.398 e. The van der Waals surface area contributed by atoms with Crippen molar-refractivity contribution < 1.29 is 51.9 Å². The minimum atomic E-state index is -1.05. The number of alkyl halides is 1. The Balaban J connectivity index is 0.000000117. The van der Waals surface area contributed by atoms with Crippen LogP contribution in [-0.4, -0.2) is 118 Å². The molecule has 134 heavy (non-hydrogen) atoms. The summed E-state index contributed by atoms with van der Waals surface area (Å²) in [6.07, 6.45) is 18.2. The van der Waals surface area contributed by atoms with Gasteiger partial charge in [-0.25, -0.2) is 33.7 Å². The molecule has 7 aromatic heterocycles. The van der Waals surface area contributed by atoms with Crippen LogP contribution in [0.5, 0.6) is 0 Å². The molecule has 34 nitrogen and oxygen atoms in total. The number of carbonyl (C=O) groups is 9. The monoisotopic (exact) mass is 1800 g/mol. The number of fused-ring (bicyclic) bond motifs is 6. The molecule has 0 radical (unpaired) electrons. The van der Waals surface area contributed by atoms with Crippen LogP contribution >= 0.6 is 0 Å². The Morgan fingerprint density at radius 2 is 0.709 bits per heavy atom. The number of aryl methyl sites for hydroxylation is 1. The Hall–Kier alpha value is -16.2. The number of amides is 9. The van der Waals surface area contributed by atoms with Crippen LogP contribution in [0.15, 0.2) is 140 Å². The molecule has 5 aliphatic carbocycles. The fourth-order valence-electron chi connectivity index (χ4n) is 17.8. The molecular formula is C98H93F2N25O9. The lowest BCUT2D eigenvalue weighted by molar-refractivity contribution is -0.118. The van der Waals surface area contributed by atoms with Gasteiger partial charge in [-0.1, -0.05) is 0 Å². The molecule has 0 spiro atoms. The Labute approximate surface area is 766 Å². The topological polar surface area (TPSA) is 542 Å². The zero-order chi connectivity index (χ0) is 94.7. The molecule has 9 amide bonds. The fourth-order valence-corrected chi connectivity index (χ4v) is 17.8. The Bertz CT molecular complexity index is 6980. The van der Waals surface area contributed by atoms with Gasteiger partial charge in [0.2, 0.25) is 53.2 Å². The summed E-state index contributed by atoms with van der Waals surface area (Å²) in [5.41, 5.74) is 39.8. The molecule has 21 rings (SSSR count). The molecular weight excluding hydrogens is 1710 g/mol. The van der Waals surface area contributed by atoms with Gasteiger partial charge >= 0.3 is 0 Å². The third kappa shape index (κ3) is 18.5. The normalized spacial score (nSPS) is 23.1. The standard InChI is InChI=1S/C23H18N6O.C19H18FN5O2.2C19H19N5O2.C18H19FN4O2/c1-12-17(10-27-20-3-2-4-26-22(12)20)13-5-14-8-21(28-11-18(14)19(25)7-13)29-23(30)16-6-15(16)9-24;1-9-2-3-16(26)25(9)14-5-10-6-15(23-8-13(10)18(22)17(14)20)24-19(27)12-4-11(12)7-21;2*1-10-2-3-18(25)24(10)13-4-11-6-17(22-9-15(11)16(21)7-13)23-19(26)14-5-12(14)8-20;1-9-2-3-17(24)23(9)11-4-10-5-16(21-8-13(10)15(20)6-11)22-18(25)12-7-14(12)19/h2-5,7-8,10-11,15-16H,6,25H2,1H3,(H,28,29,30);5-6,8-9,11-12H,2-4,22H2,1H3,(H,23,24,27);2*4,6-7,9-10,12,14H,2-3,5,21H2,1H3,(H,22,23,26);4-6,8-9,12,14H,2-3,7,20H2,1H3,(H,21,22,25)/t15-,16+;9-,11+,12-;10-,12+,14-;10-,12-,14+;9?,12-,14+/m01101/s1. The molecule has 9 aliphatic rings. The van der Waals surface area contributed by atoms with E-state index in [9.17, 15) is 51.9 Å². The minimum Gasteiger partial charge on any atom is -0.398 e. The van der Waals surface area contributed by atoms with Crippen LogP contribution in [0, 0.1) is 111 Å². The highest BCUT2D eigenvalue weighted by Crippen LogP contribution is 2.46. The average Bonchev–Trinajstić information content (AvgIpc) is 1.42. The number of anilines is 14. The van der Waals surface area contributed by atoms with E-state index in [2.05, 4.69) is 85.7 Å². The van der Waals surface area contributed by atoms with Gasteiger partial charge in [0.25, 0.3) is 0 Å². The third-order valence-corrected chi connectivity index (χ3v) is 26.1. The molecule has 4 aliphatic heterocycles. The van der Waals surface area contributed by atoms with Gasteiger partial charge in [0, 0.05) is 166 Å². The second-order valence-electron chi connectivity index (χ2n) is 35.6. The number of hydrogen-bond donors (Lipinski definition) is 10. The quantitative estimate of drug-likeness (QED) is 0.0426. The van der Waals surface area contributed by atoms with Crippen molar-refractivity contribution in [1.29, 1.82) is 21.0 Å². The molecule has 678 valence electrons. The zero-order valence-electron chi connectivity index (χ0n) is 73.6. The van der Waals surface area contributed by atoms with Crippen molar-refractivity contribution in [3.05, 3.63) is 152 Å². The van der Waals surface area contributed by atoms with Crippen LogP contribution in [0.2, 0.25) is 0 Å². The second-order valence-corrected chi connectivity index (χ2v) is 35.6. The number of nitrogen functional groups attached to an aromatic ring is 5. The van der Waals surface area contributed by atoms with E-state index in [1.54, 1.807) is 100 Å². The van der Waals surface area contributed by atoms with Crippen LogP contribution in [0.25, 0.3) is 76.0 Å².